The molecule has 0 saturated heterocycles. The van der Waals surface area contributed by atoms with Crippen molar-refractivity contribution in [2.45, 2.75) is 53.6 Å². The lowest BCUT2D eigenvalue weighted by Crippen LogP contribution is -2.46. The highest BCUT2D eigenvalue weighted by atomic mass is 16.3. The highest BCUT2D eigenvalue weighted by Crippen LogP contribution is 2.34. The van der Waals surface area contributed by atoms with Gasteiger partial charge in [-0.15, -0.1) is 5.10 Å². The predicted octanol–water partition coefficient (Wildman–Crippen LogP) is 4.89. The molecule has 0 radical (unpaired) electrons. The highest BCUT2D eigenvalue weighted by molar-refractivity contribution is 6.02. The lowest BCUT2D eigenvalue weighted by Gasteiger charge is -2.32. The Morgan fingerprint density at radius 2 is 1.78 bits per heavy atom. The van der Waals surface area contributed by atoms with Crippen molar-refractivity contribution in [2.24, 2.45) is 5.92 Å². The molecule has 0 unspecified atom stereocenters. The van der Waals surface area contributed by atoms with E-state index < -0.39 is 6.04 Å². The Morgan fingerprint density at radius 1 is 1.06 bits per heavy atom. The second kappa shape index (κ2) is 10.8. The van der Waals surface area contributed by atoms with Crippen LogP contribution < -0.4 is 10.2 Å². The van der Waals surface area contributed by atoms with E-state index in [1.165, 1.54) is 6.26 Å². The molecule has 0 aliphatic carbocycles. The fourth-order valence-corrected chi connectivity index (χ4v) is 4.59. The van der Waals surface area contributed by atoms with E-state index in [9.17, 15) is 9.59 Å². The normalized spacial score (nSPS) is 12.2. The van der Waals surface area contributed by atoms with Crippen LogP contribution in [0.15, 0.2) is 59.2 Å². The van der Waals surface area contributed by atoms with Gasteiger partial charge in [0.1, 0.15) is 17.8 Å². The molecular weight excluding hydrogens is 454 g/mol. The standard InChI is InChI=1S/C28H33N5O3/c1-18(2)12-13-29-28(35)27(24-11-8-14-36-24)33(26-20(4)15-19(3)16-21(26)5)25(34)17-32-23-10-7-6-9-22(23)30-31-32/h6-11,14-16,18,27H,12-13,17H2,1-5H3,(H,29,35)/t27-/m0/s1. The van der Waals surface area contributed by atoms with Gasteiger partial charge in [0.05, 0.1) is 17.5 Å². The third-order valence-electron chi connectivity index (χ3n) is 6.19. The van der Waals surface area contributed by atoms with Crippen LogP contribution in [-0.2, 0) is 16.1 Å². The van der Waals surface area contributed by atoms with E-state index in [-0.39, 0.29) is 18.4 Å². The molecule has 2 aromatic carbocycles. The first kappa shape index (κ1) is 25.2. The number of nitrogens with zero attached hydrogens (tertiary/aromatic N) is 4. The van der Waals surface area contributed by atoms with E-state index in [0.29, 0.717) is 29.4 Å². The summed E-state index contributed by atoms with van der Waals surface area (Å²) in [4.78, 5) is 29.3. The Morgan fingerprint density at radius 3 is 2.44 bits per heavy atom. The van der Waals surface area contributed by atoms with Crippen molar-refractivity contribution in [3.63, 3.8) is 0 Å². The molecule has 8 nitrogen and oxygen atoms in total. The maximum absolute atomic E-state index is 14.1. The zero-order valence-corrected chi connectivity index (χ0v) is 21.5. The summed E-state index contributed by atoms with van der Waals surface area (Å²) in [6.07, 6.45) is 2.35. The van der Waals surface area contributed by atoms with Crippen LogP contribution >= 0.6 is 0 Å². The minimum absolute atomic E-state index is 0.0796. The Bertz CT molecular complexity index is 1330. The number of hydrogen-bond donors (Lipinski definition) is 1. The molecule has 4 rings (SSSR count). The van der Waals surface area contributed by atoms with Crippen molar-refractivity contribution in [3.8, 4) is 0 Å². The number of amides is 2. The van der Waals surface area contributed by atoms with Gasteiger partial charge in [0.25, 0.3) is 5.91 Å². The Balaban J connectivity index is 1.79. The third-order valence-corrected chi connectivity index (χ3v) is 6.19. The van der Waals surface area contributed by atoms with Gasteiger partial charge >= 0.3 is 0 Å². The van der Waals surface area contributed by atoms with Crippen LogP contribution in [0.3, 0.4) is 0 Å². The van der Waals surface area contributed by atoms with Gasteiger partial charge in [-0.3, -0.25) is 14.5 Å². The maximum atomic E-state index is 14.1. The number of aromatic nitrogens is 3. The molecule has 2 amide bonds. The van der Waals surface area contributed by atoms with Crippen molar-refractivity contribution in [1.82, 2.24) is 20.3 Å². The summed E-state index contributed by atoms with van der Waals surface area (Å²) < 4.78 is 7.29. The van der Waals surface area contributed by atoms with Crippen LogP contribution in [0.25, 0.3) is 11.0 Å². The molecule has 1 atom stereocenters. The minimum Gasteiger partial charge on any atom is -0.467 e. The number of furan rings is 1. The number of rotatable bonds is 9. The molecule has 36 heavy (non-hydrogen) atoms. The van der Waals surface area contributed by atoms with Gasteiger partial charge in [-0.05, 0) is 68.5 Å². The third kappa shape index (κ3) is 5.32. The predicted molar refractivity (Wildman–Crippen MR) is 140 cm³/mol. The number of aryl methyl sites for hydroxylation is 3. The van der Waals surface area contributed by atoms with Crippen LogP contribution in [0, 0.1) is 26.7 Å². The van der Waals surface area contributed by atoms with Crippen LogP contribution in [0.2, 0.25) is 0 Å². The van der Waals surface area contributed by atoms with Crippen molar-refractivity contribution in [1.29, 1.82) is 0 Å². The number of carbonyl (C=O) groups is 2. The second-order valence-electron chi connectivity index (χ2n) is 9.64. The Labute approximate surface area is 211 Å². The molecule has 0 fully saturated rings. The number of carbonyl (C=O) groups excluding carboxylic acids is 2. The average Bonchev–Trinajstić information content (AvgIpc) is 3.48. The molecule has 8 heteroatoms. The molecule has 0 aliphatic rings. The van der Waals surface area contributed by atoms with Crippen molar-refractivity contribution < 1.29 is 14.0 Å². The lowest BCUT2D eigenvalue weighted by molar-refractivity contribution is -0.127. The van der Waals surface area contributed by atoms with Gasteiger partial charge < -0.3 is 9.73 Å². The molecule has 4 aromatic rings. The topological polar surface area (TPSA) is 93.3 Å². The average molecular weight is 488 g/mol. The largest absolute Gasteiger partial charge is 0.467 e. The SMILES string of the molecule is Cc1cc(C)c(N(C(=O)Cn2nnc3ccccc32)[C@H](C(=O)NCCC(C)C)c2ccco2)c(C)c1. The summed E-state index contributed by atoms with van der Waals surface area (Å²) in [5, 5.41) is 11.4. The van der Waals surface area contributed by atoms with Gasteiger partial charge in [-0.25, -0.2) is 4.68 Å². The van der Waals surface area contributed by atoms with E-state index in [1.54, 1.807) is 21.7 Å². The number of nitrogens with one attached hydrogen (secondary N) is 1. The smallest absolute Gasteiger partial charge is 0.251 e. The van der Waals surface area contributed by atoms with Gasteiger partial charge in [-0.2, -0.15) is 0 Å². The first-order valence-corrected chi connectivity index (χ1v) is 12.3. The van der Waals surface area contributed by atoms with E-state index in [0.717, 1.165) is 28.6 Å². The van der Waals surface area contributed by atoms with Gasteiger partial charge in [0.15, 0.2) is 6.04 Å². The van der Waals surface area contributed by atoms with E-state index in [1.807, 2.05) is 57.2 Å². The molecule has 0 saturated carbocycles. The molecule has 2 aromatic heterocycles. The fraction of sp³-hybridized carbons (Fsp3) is 0.357. The zero-order chi connectivity index (χ0) is 25.8. The summed E-state index contributed by atoms with van der Waals surface area (Å²) in [6, 6.07) is 14.0. The molecule has 1 N–H and O–H groups in total. The summed E-state index contributed by atoms with van der Waals surface area (Å²) in [6.45, 7) is 10.6. The molecule has 188 valence electrons. The molecular formula is C28H33N5O3. The van der Waals surface area contributed by atoms with E-state index in [4.69, 9.17) is 4.42 Å². The Hall–Kier alpha value is -3.94. The quantitative estimate of drug-likeness (QED) is 0.363. The molecule has 0 aliphatic heterocycles. The van der Waals surface area contributed by atoms with Gasteiger partial charge in [0, 0.05) is 6.54 Å². The molecule has 0 spiro atoms. The zero-order valence-electron chi connectivity index (χ0n) is 21.5. The Kier molecular flexibility index (Phi) is 7.52. The van der Waals surface area contributed by atoms with Crippen LogP contribution in [0.1, 0.15) is 48.8 Å². The fourth-order valence-electron chi connectivity index (χ4n) is 4.59. The van der Waals surface area contributed by atoms with E-state index >= 15 is 0 Å². The van der Waals surface area contributed by atoms with E-state index in [2.05, 4.69) is 29.5 Å². The summed E-state index contributed by atoms with van der Waals surface area (Å²) >= 11 is 0. The van der Waals surface area contributed by atoms with Crippen LogP contribution in [0.4, 0.5) is 5.69 Å². The van der Waals surface area contributed by atoms with Gasteiger partial charge in [0.2, 0.25) is 5.91 Å². The van der Waals surface area contributed by atoms with Gasteiger partial charge in [-0.1, -0.05) is 48.9 Å². The first-order chi connectivity index (χ1) is 17.3. The second-order valence-corrected chi connectivity index (χ2v) is 9.64. The number of anilines is 1. The minimum atomic E-state index is -0.977. The number of fused-ring (bicyclic) bond motifs is 1. The number of para-hydroxylation sites is 1. The summed E-state index contributed by atoms with van der Waals surface area (Å²) in [5.41, 5.74) is 5.02. The highest BCUT2D eigenvalue weighted by Gasteiger charge is 2.36. The van der Waals surface area contributed by atoms with Crippen molar-refractivity contribution >= 4 is 28.5 Å². The maximum Gasteiger partial charge on any atom is 0.251 e. The lowest BCUT2D eigenvalue weighted by atomic mass is 10.0. The van der Waals surface area contributed by atoms with Crippen molar-refractivity contribution in [3.05, 3.63) is 77.2 Å². The first-order valence-electron chi connectivity index (χ1n) is 12.3. The summed E-state index contributed by atoms with van der Waals surface area (Å²) in [7, 11) is 0. The number of benzene rings is 2. The number of hydrogen-bond acceptors (Lipinski definition) is 5. The molecule has 0 bridgehead atoms. The monoisotopic (exact) mass is 487 g/mol. The summed E-state index contributed by atoms with van der Waals surface area (Å²) in [5.74, 6) is 0.253. The van der Waals surface area contributed by atoms with Crippen LogP contribution in [-0.4, -0.2) is 33.4 Å². The van der Waals surface area contributed by atoms with Crippen LogP contribution in [0.5, 0.6) is 0 Å². The van der Waals surface area contributed by atoms with Crippen molar-refractivity contribution in [2.75, 3.05) is 11.4 Å². The molecule has 2 heterocycles.